The van der Waals surface area contributed by atoms with Crippen LogP contribution in [-0.2, 0) is 10.0 Å². The standard InChI is InChI=1S/C15H19N3O2S/c1-11(16)14-4-3-5-15(10-14)21(19,20)18-12(2)13-6-8-17-9-7-13/h3-12,18H,16H2,1-2H3. The van der Waals surface area contributed by atoms with Gasteiger partial charge in [-0.1, -0.05) is 12.1 Å². The van der Waals surface area contributed by atoms with Crippen molar-refractivity contribution in [3.05, 3.63) is 59.9 Å². The molecule has 0 bridgehead atoms. The summed E-state index contributed by atoms with van der Waals surface area (Å²) < 4.78 is 27.5. The fourth-order valence-electron chi connectivity index (χ4n) is 1.99. The summed E-state index contributed by atoms with van der Waals surface area (Å²) in [5, 5.41) is 0. The molecule has 2 aromatic rings. The average Bonchev–Trinajstić information content (AvgIpc) is 2.48. The summed E-state index contributed by atoms with van der Waals surface area (Å²) in [5.74, 6) is 0. The highest BCUT2D eigenvalue weighted by molar-refractivity contribution is 7.89. The second kappa shape index (κ2) is 6.34. The van der Waals surface area contributed by atoms with Crippen LogP contribution in [0.15, 0.2) is 53.7 Å². The van der Waals surface area contributed by atoms with Crippen LogP contribution < -0.4 is 10.5 Å². The average molecular weight is 305 g/mol. The highest BCUT2D eigenvalue weighted by atomic mass is 32.2. The molecule has 0 radical (unpaired) electrons. The molecular weight excluding hydrogens is 286 g/mol. The van der Waals surface area contributed by atoms with Gasteiger partial charge in [-0.05, 0) is 49.2 Å². The second-order valence-electron chi connectivity index (χ2n) is 4.98. The Morgan fingerprint density at radius 2 is 1.76 bits per heavy atom. The first-order chi connectivity index (χ1) is 9.90. The Labute approximate surface area is 125 Å². The summed E-state index contributed by atoms with van der Waals surface area (Å²) in [7, 11) is -3.59. The SMILES string of the molecule is CC(N)c1cccc(S(=O)(=O)NC(C)c2ccncc2)c1. The van der Waals surface area contributed by atoms with E-state index in [1.165, 1.54) is 0 Å². The molecule has 3 N–H and O–H groups in total. The second-order valence-corrected chi connectivity index (χ2v) is 6.70. The van der Waals surface area contributed by atoms with Crippen molar-refractivity contribution in [1.29, 1.82) is 0 Å². The molecule has 0 aliphatic rings. The molecular formula is C15H19N3O2S. The number of rotatable bonds is 5. The van der Waals surface area contributed by atoms with Crippen LogP contribution in [0.25, 0.3) is 0 Å². The summed E-state index contributed by atoms with van der Waals surface area (Å²) in [4.78, 5) is 4.14. The largest absolute Gasteiger partial charge is 0.324 e. The zero-order valence-corrected chi connectivity index (χ0v) is 12.8. The minimum atomic E-state index is -3.59. The van der Waals surface area contributed by atoms with Crippen LogP contribution in [0, 0.1) is 0 Å². The van der Waals surface area contributed by atoms with Crippen molar-refractivity contribution in [1.82, 2.24) is 9.71 Å². The number of pyridine rings is 1. The molecule has 1 aromatic heterocycles. The Bertz CT molecular complexity index is 700. The van der Waals surface area contributed by atoms with Gasteiger partial charge in [-0.2, -0.15) is 0 Å². The van der Waals surface area contributed by atoms with Gasteiger partial charge in [0.1, 0.15) is 0 Å². The van der Waals surface area contributed by atoms with Gasteiger partial charge in [0.25, 0.3) is 0 Å². The van der Waals surface area contributed by atoms with Crippen molar-refractivity contribution in [2.75, 3.05) is 0 Å². The molecule has 0 saturated carbocycles. The minimum absolute atomic E-state index is 0.210. The highest BCUT2D eigenvalue weighted by Gasteiger charge is 2.19. The number of nitrogens with one attached hydrogen (secondary N) is 1. The Morgan fingerprint density at radius 1 is 1.10 bits per heavy atom. The van der Waals surface area contributed by atoms with Gasteiger partial charge >= 0.3 is 0 Å². The number of sulfonamides is 1. The van der Waals surface area contributed by atoms with Gasteiger partial charge in [0.05, 0.1) is 4.90 Å². The number of hydrogen-bond acceptors (Lipinski definition) is 4. The van der Waals surface area contributed by atoms with E-state index in [0.29, 0.717) is 0 Å². The molecule has 0 saturated heterocycles. The van der Waals surface area contributed by atoms with E-state index < -0.39 is 10.0 Å². The molecule has 2 atom stereocenters. The lowest BCUT2D eigenvalue weighted by Crippen LogP contribution is -2.27. The van der Waals surface area contributed by atoms with Gasteiger partial charge < -0.3 is 5.73 Å². The molecule has 1 aromatic carbocycles. The predicted molar refractivity (Wildman–Crippen MR) is 82.0 cm³/mol. The normalized spacial score (nSPS) is 14.6. The highest BCUT2D eigenvalue weighted by Crippen LogP contribution is 2.19. The summed E-state index contributed by atoms with van der Waals surface area (Å²) in [6, 6.07) is 9.70. The number of aromatic nitrogens is 1. The maximum Gasteiger partial charge on any atom is 0.241 e. The maximum absolute atomic E-state index is 12.4. The fourth-order valence-corrected chi connectivity index (χ4v) is 3.27. The topological polar surface area (TPSA) is 85.1 Å². The Morgan fingerprint density at radius 3 is 2.38 bits per heavy atom. The van der Waals surface area contributed by atoms with Gasteiger partial charge in [0, 0.05) is 24.5 Å². The van der Waals surface area contributed by atoms with Crippen molar-refractivity contribution < 1.29 is 8.42 Å². The molecule has 0 aliphatic carbocycles. The molecule has 1 heterocycles. The Kier molecular flexibility index (Phi) is 4.72. The van der Waals surface area contributed by atoms with Crippen LogP contribution in [0.3, 0.4) is 0 Å². The number of hydrogen-bond donors (Lipinski definition) is 2. The molecule has 21 heavy (non-hydrogen) atoms. The molecule has 0 aliphatic heterocycles. The van der Waals surface area contributed by atoms with Gasteiger partial charge in [0.2, 0.25) is 10.0 Å². The lowest BCUT2D eigenvalue weighted by molar-refractivity contribution is 0.566. The van der Waals surface area contributed by atoms with Gasteiger partial charge in [-0.15, -0.1) is 0 Å². The van der Waals surface area contributed by atoms with Crippen molar-refractivity contribution in [2.24, 2.45) is 5.73 Å². The van der Waals surface area contributed by atoms with Crippen LogP contribution in [0.4, 0.5) is 0 Å². The molecule has 0 amide bonds. The molecule has 2 rings (SSSR count). The first kappa shape index (κ1) is 15.6. The van der Waals surface area contributed by atoms with Crippen LogP contribution >= 0.6 is 0 Å². The van der Waals surface area contributed by atoms with Crippen molar-refractivity contribution in [2.45, 2.75) is 30.8 Å². The number of benzene rings is 1. The summed E-state index contributed by atoms with van der Waals surface area (Å²) in [6.45, 7) is 3.61. The maximum atomic E-state index is 12.4. The number of nitrogens with zero attached hydrogens (tertiary/aromatic N) is 1. The van der Waals surface area contributed by atoms with Gasteiger partial charge in [0.15, 0.2) is 0 Å². The molecule has 6 heteroatoms. The molecule has 5 nitrogen and oxygen atoms in total. The van der Waals surface area contributed by atoms with Crippen LogP contribution in [0.5, 0.6) is 0 Å². The van der Waals surface area contributed by atoms with E-state index in [0.717, 1.165) is 11.1 Å². The van der Waals surface area contributed by atoms with Crippen molar-refractivity contribution >= 4 is 10.0 Å². The minimum Gasteiger partial charge on any atom is -0.324 e. The first-order valence-corrected chi connectivity index (χ1v) is 8.16. The number of nitrogens with two attached hydrogens (primary N) is 1. The molecule has 112 valence electrons. The summed E-state index contributed by atoms with van der Waals surface area (Å²) >= 11 is 0. The van der Waals surface area contributed by atoms with E-state index in [1.54, 1.807) is 49.6 Å². The Balaban J connectivity index is 2.24. The lowest BCUT2D eigenvalue weighted by atomic mass is 10.1. The van der Waals surface area contributed by atoms with Crippen molar-refractivity contribution in [3.63, 3.8) is 0 Å². The van der Waals surface area contributed by atoms with E-state index in [1.807, 2.05) is 13.0 Å². The summed E-state index contributed by atoms with van der Waals surface area (Å²) in [5.41, 5.74) is 7.44. The fraction of sp³-hybridized carbons (Fsp3) is 0.267. The van der Waals surface area contributed by atoms with E-state index in [9.17, 15) is 8.42 Å². The first-order valence-electron chi connectivity index (χ1n) is 6.68. The van der Waals surface area contributed by atoms with Crippen LogP contribution in [-0.4, -0.2) is 13.4 Å². The Hall–Kier alpha value is -1.76. The zero-order valence-electron chi connectivity index (χ0n) is 12.0. The molecule has 0 spiro atoms. The quantitative estimate of drug-likeness (QED) is 0.886. The lowest BCUT2D eigenvalue weighted by Gasteiger charge is -2.15. The zero-order chi connectivity index (χ0) is 15.5. The smallest absolute Gasteiger partial charge is 0.241 e. The molecule has 0 fully saturated rings. The monoisotopic (exact) mass is 305 g/mol. The van der Waals surface area contributed by atoms with Crippen LogP contribution in [0.1, 0.15) is 37.1 Å². The van der Waals surface area contributed by atoms with E-state index >= 15 is 0 Å². The van der Waals surface area contributed by atoms with E-state index in [2.05, 4.69) is 9.71 Å². The van der Waals surface area contributed by atoms with E-state index in [4.69, 9.17) is 5.73 Å². The van der Waals surface area contributed by atoms with Gasteiger partial charge in [-0.25, -0.2) is 13.1 Å². The third kappa shape index (κ3) is 3.87. The van der Waals surface area contributed by atoms with Gasteiger partial charge in [-0.3, -0.25) is 4.98 Å². The third-order valence-corrected chi connectivity index (χ3v) is 4.77. The third-order valence-electron chi connectivity index (χ3n) is 3.23. The molecule has 2 unspecified atom stereocenters. The van der Waals surface area contributed by atoms with E-state index in [-0.39, 0.29) is 17.0 Å². The van der Waals surface area contributed by atoms with Crippen LogP contribution in [0.2, 0.25) is 0 Å². The van der Waals surface area contributed by atoms with Crippen molar-refractivity contribution in [3.8, 4) is 0 Å². The predicted octanol–water partition coefficient (Wildman–Crippen LogP) is 2.14. The summed E-state index contributed by atoms with van der Waals surface area (Å²) in [6.07, 6.45) is 3.27.